The number of likely N-dealkylation sites (N-methyl/N-ethyl adjacent to an activating group) is 1. The maximum atomic E-state index is 13.4. The number of Topliss-reactive ketones (excluding diaryl/α,β-unsaturated/α-hetero) is 1. The summed E-state index contributed by atoms with van der Waals surface area (Å²) in [6, 6.07) is 10.0. The lowest BCUT2D eigenvalue weighted by molar-refractivity contribution is -0.140. The quantitative estimate of drug-likeness (QED) is 0.293. The van der Waals surface area contributed by atoms with Crippen LogP contribution >= 0.6 is 0 Å². The molecule has 0 aliphatic carbocycles. The largest absolute Gasteiger partial charge is 0.507 e. The fourth-order valence-corrected chi connectivity index (χ4v) is 4.78. The van der Waals surface area contributed by atoms with Gasteiger partial charge in [0.1, 0.15) is 17.6 Å². The SMILES string of the molecule is CCCOc1ccc([C@@H]2/C(=C(\O)c3ccc4c(c3)C[C@@H](C)O4)C(=O)C(=O)N2CCN(C)C)cc1OCC. The van der Waals surface area contributed by atoms with Crippen LogP contribution in [0.2, 0.25) is 0 Å². The van der Waals surface area contributed by atoms with Crippen LogP contribution < -0.4 is 14.2 Å². The number of rotatable bonds is 10. The second-order valence-corrected chi connectivity index (χ2v) is 9.74. The van der Waals surface area contributed by atoms with Crippen molar-refractivity contribution in [1.29, 1.82) is 0 Å². The Morgan fingerprint density at radius 2 is 1.89 bits per heavy atom. The molecule has 1 amide bonds. The summed E-state index contributed by atoms with van der Waals surface area (Å²) < 4.78 is 17.5. The molecule has 8 heteroatoms. The molecule has 0 unspecified atom stereocenters. The van der Waals surface area contributed by atoms with Crippen LogP contribution in [-0.4, -0.2) is 73.1 Å². The van der Waals surface area contributed by atoms with Gasteiger partial charge in [-0.05, 0) is 75.8 Å². The van der Waals surface area contributed by atoms with E-state index in [0.717, 1.165) is 17.7 Å². The maximum absolute atomic E-state index is 13.4. The normalized spacial score (nSPS) is 20.3. The Bertz CT molecular complexity index is 1200. The number of aliphatic hydroxyl groups excluding tert-OH is 1. The van der Waals surface area contributed by atoms with Crippen molar-refractivity contribution < 1.29 is 28.9 Å². The molecule has 0 saturated carbocycles. The third kappa shape index (κ3) is 5.44. The van der Waals surface area contributed by atoms with Gasteiger partial charge in [-0.15, -0.1) is 0 Å². The monoisotopic (exact) mass is 508 g/mol. The van der Waals surface area contributed by atoms with Crippen molar-refractivity contribution in [2.24, 2.45) is 0 Å². The minimum Gasteiger partial charge on any atom is -0.507 e. The van der Waals surface area contributed by atoms with Crippen LogP contribution in [0.5, 0.6) is 17.2 Å². The fraction of sp³-hybridized carbons (Fsp3) is 0.448. The van der Waals surface area contributed by atoms with E-state index in [1.807, 2.05) is 51.9 Å². The van der Waals surface area contributed by atoms with Crippen molar-refractivity contribution in [2.75, 3.05) is 40.4 Å². The number of ether oxygens (including phenoxy) is 3. The Kier molecular flexibility index (Phi) is 8.07. The number of hydrogen-bond acceptors (Lipinski definition) is 7. The highest BCUT2D eigenvalue weighted by atomic mass is 16.5. The van der Waals surface area contributed by atoms with Gasteiger partial charge in [0, 0.05) is 25.1 Å². The summed E-state index contributed by atoms with van der Waals surface area (Å²) in [5.74, 6) is 0.394. The molecule has 1 saturated heterocycles. The number of nitrogens with zero attached hydrogens (tertiary/aromatic N) is 2. The van der Waals surface area contributed by atoms with Crippen LogP contribution in [0.3, 0.4) is 0 Å². The van der Waals surface area contributed by atoms with Crippen LogP contribution in [0.1, 0.15) is 49.9 Å². The zero-order valence-electron chi connectivity index (χ0n) is 22.2. The zero-order chi connectivity index (χ0) is 26.7. The smallest absolute Gasteiger partial charge is 0.295 e. The lowest BCUT2D eigenvalue weighted by atomic mass is 9.94. The Balaban J connectivity index is 1.82. The molecule has 1 fully saturated rings. The molecule has 4 rings (SSSR count). The molecule has 2 atom stereocenters. The molecule has 0 aromatic heterocycles. The third-order valence-electron chi connectivity index (χ3n) is 6.54. The average Bonchev–Trinajstić information content (AvgIpc) is 3.36. The molecule has 2 aromatic carbocycles. The molecule has 37 heavy (non-hydrogen) atoms. The first kappa shape index (κ1) is 26.5. The van der Waals surface area contributed by atoms with Crippen LogP contribution in [0.4, 0.5) is 0 Å². The van der Waals surface area contributed by atoms with Gasteiger partial charge in [-0.25, -0.2) is 0 Å². The number of amides is 1. The van der Waals surface area contributed by atoms with Crippen LogP contribution in [0, 0.1) is 0 Å². The van der Waals surface area contributed by atoms with Gasteiger partial charge in [0.15, 0.2) is 11.5 Å². The molecule has 0 spiro atoms. The maximum Gasteiger partial charge on any atom is 0.295 e. The Labute approximate surface area is 218 Å². The van der Waals surface area contributed by atoms with Gasteiger partial charge in [-0.3, -0.25) is 9.59 Å². The Hall–Kier alpha value is -3.52. The van der Waals surface area contributed by atoms with Crippen molar-refractivity contribution in [2.45, 2.75) is 45.8 Å². The van der Waals surface area contributed by atoms with Crippen molar-refractivity contribution in [3.63, 3.8) is 0 Å². The lowest BCUT2D eigenvalue weighted by Crippen LogP contribution is -2.35. The number of likely N-dealkylation sites (tertiary alicyclic amines) is 1. The van der Waals surface area contributed by atoms with Gasteiger partial charge in [0.25, 0.3) is 11.7 Å². The van der Waals surface area contributed by atoms with E-state index in [1.165, 1.54) is 4.90 Å². The molecular weight excluding hydrogens is 472 g/mol. The summed E-state index contributed by atoms with van der Waals surface area (Å²) in [5, 5.41) is 11.4. The predicted octanol–water partition coefficient (Wildman–Crippen LogP) is 4.18. The first-order valence-corrected chi connectivity index (χ1v) is 12.9. The van der Waals surface area contributed by atoms with Gasteiger partial charge in [0.05, 0.1) is 24.8 Å². The second kappa shape index (κ2) is 11.3. The molecule has 2 aromatic rings. The summed E-state index contributed by atoms with van der Waals surface area (Å²) >= 11 is 0. The third-order valence-corrected chi connectivity index (χ3v) is 6.54. The molecular formula is C29H36N2O6. The van der Waals surface area contributed by atoms with Crippen molar-refractivity contribution in [1.82, 2.24) is 9.80 Å². The van der Waals surface area contributed by atoms with Gasteiger partial charge in [0.2, 0.25) is 0 Å². The van der Waals surface area contributed by atoms with Gasteiger partial charge >= 0.3 is 0 Å². The summed E-state index contributed by atoms with van der Waals surface area (Å²) in [6.45, 7) is 7.76. The standard InChI is InChI=1S/C29H36N2O6/c1-6-14-36-23-11-8-19(17-24(23)35-7-2)26-25(28(33)29(34)31(26)13-12-30(4)5)27(32)20-9-10-22-21(16-20)15-18(3)37-22/h8-11,16-18,26,32H,6-7,12-15H2,1-5H3/b27-25+/t18-,26-/m1/s1. The van der Waals surface area contributed by atoms with E-state index in [9.17, 15) is 14.7 Å². The van der Waals surface area contributed by atoms with E-state index in [0.29, 0.717) is 55.4 Å². The number of carbonyl (C=O) groups is 2. The van der Waals surface area contributed by atoms with Crippen molar-refractivity contribution in [3.05, 3.63) is 58.7 Å². The molecule has 1 N–H and O–H groups in total. The van der Waals surface area contributed by atoms with E-state index in [1.54, 1.807) is 24.3 Å². The minimum absolute atomic E-state index is 0.0504. The van der Waals surface area contributed by atoms with Gasteiger partial charge in [-0.2, -0.15) is 0 Å². The van der Waals surface area contributed by atoms with E-state index >= 15 is 0 Å². The summed E-state index contributed by atoms with van der Waals surface area (Å²) in [4.78, 5) is 30.1. The van der Waals surface area contributed by atoms with Crippen LogP contribution in [0.15, 0.2) is 42.0 Å². The molecule has 2 heterocycles. The molecule has 8 nitrogen and oxygen atoms in total. The zero-order valence-corrected chi connectivity index (χ0v) is 22.2. The summed E-state index contributed by atoms with van der Waals surface area (Å²) in [6.07, 6.45) is 1.62. The number of hydrogen-bond donors (Lipinski definition) is 1. The first-order valence-electron chi connectivity index (χ1n) is 12.9. The summed E-state index contributed by atoms with van der Waals surface area (Å²) in [7, 11) is 3.82. The number of aliphatic hydroxyl groups is 1. The van der Waals surface area contributed by atoms with Crippen LogP contribution in [-0.2, 0) is 16.0 Å². The minimum atomic E-state index is -0.761. The molecule has 0 bridgehead atoms. The topological polar surface area (TPSA) is 88.5 Å². The fourth-order valence-electron chi connectivity index (χ4n) is 4.78. The molecule has 2 aliphatic heterocycles. The highest BCUT2D eigenvalue weighted by Crippen LogP contribution is 2.42. The number of benzene rings is 2. The average molecular weight is 509 g/mol. The molecule has 198 valence electrons. The number of ketones is 1. The van der Waals surface area contributed by atoms with Crippen molar-refractivity contribution >= 4 is 17.4 Å². The van der Waals surface area contributed by atoms with E-state index < -0.39 is 17.7 Å². The first-order chi connectivity index (χ1) is 17.7. The van der Waals surface area contributed by atoms with E-state index in [4.69, 9.17) is 14.2 Å². The molecule has 2 aliphatic rings. The number of fused-ring (bicyclic) bond motifs is 1. The predicted molar refractivity (Wildman–Crippen MR) is 141 cm³/mol. The van der Waals surface area contributed by atoms with Gasteiger partial charge < -0.3 is 29.1 Å². The highest BCUT2D eigenvalue weighted by Gasteiger charge is 2.46. The Morgan fingerprint density at radius 1 is 1.11 bits per heavy atom. The second-order valence-electron chi connectivity index (χ2n) is 9.74. The van der Waals surface area contributed by atoms with E-state index in [2.05, 4.69) is 0 Å². The lowest BCUT2D eigenvalue weighted by Gasteiger charge is -2.27. The highest BCUT2D eigenvalue weighted by molar-refractivity contribution is 6.46. The molecule has 0 radical (unpaired) electrons. The summed E-state index contributed by atoms with van der Waals surface area (Å²) in [5.41, 5.74) is 2.19. The number of carbonyl (C=O) groups excluding carboxylic acids is 2. The van der Waals surface area contributed by atoms with Crippen molar-refractivity contribution in [3.8, 4) is 17.2 Å². The van der Waals surface area contributed by atoms with Gasteiger partial charge in [-0.1, -0.05) is 13.0 Å². The van der Waals surface area contributed by atoms with E-state index in [-0.39, 0.29) is 17.4 Å². The Morgan fingerprint density at radius 3 is 2.59 bits per heavy atom. The van der Waals surface area contributed by atoms with Crippen LogP contribution in [0.25, 0.3) is 5.76 Å².